The molecule has 144 valence electrons. The molecule has 0 heterocycles. The van der Waals surface area contributed by atoms with Crippen LogP contribution in [0, 0.1) is 0 Å². The quantitative estimate of drug-likeness (QED) is 0.588. The highest BCUT2D eigenvalue weighted by Crippen LogP contribution is 2.27. The number of hydrogen-bond donors (Lipinski definition) is 3. The maximum atomic E-state index is 12.7. The molecule has 0 aromatic heterocycles. The van der Waals surface area contributed by atoms with E-state index in [2.05, 4.69) is 15.4 Å². The van der Waals surface area contributed by atoms with Crippen molar-refractivity contribution < 1.29 is 18.0 Å². The number of amides is 2. The van der Waals surface area contributed by atoms with Crippen LogP contribution in [-0.2, 0) is 14.8 Å². The number of anilines is 1. The third kappa shape index (κ3) is 5.85. The molecule has 0 fully saturated rings. The molecule has 2 aromatic rings. The molecule has 0 spiro atoms. The third-order valence-corrected chi connectivity index (χ3v) is 5.47. The van der Waals surface area contributed by atoms with Gasteiger partial charge in [-0.1, -0.05) is 35.3 Å². The Morgan fingerprint density at radius 3 is 2.37 bits per heavy atom. The van der Waals surface area contributed by atoms with Crippen molar-refractivity contribution in [2.45, 2.75) is 11.8 Å². The molecule has 10 heteroatoms. The Hall–Kier alpha value is -2.29. The van der Waals surface area contributed by atoms with Gasteiger partial charge in [-0.05, 0) is 30.3 Å². The lowest BCUT2D eigenvalue weighted by atomic mass is 10.1. The first kappa shape index (κ1) is 21.0. The number of benzene rings is 2. The number of halogens is 2. The minimum absolute atomic E-state index is 0.00383. The first-order valence-corrected chi connectivity index (χ1v) is 10.0. The zero-order valence-corrected chi connectivity index (χ0v) is 16.6. The van der Waals surface area contributed by atoms with Crippen molar-refractivity contribution in [1.29, 1.82) is 0 Å². The molecule has 0 aliphatic rings. The molecular weight excluding hydrogens is 413 g/mol. The lowest BCUT2D eigenvalue weighted by Crippen LogP contribution is -2.34. The first-order valence-electron chi connectivity index (χ1n) is 7.80. The van der Waals surface area contributed by atoms with Crippen LogP contribution < -0.4 is 15.4 Å². The summed E-state index contributed by atoms with van der Waals surface area (Å²) >= 11 is 11.8. The molecule has 2 amide bonds. The van der Waals surface area contributed by atoms with Crippen LogP contribution in [0.15, 0.2) is 47.4 Å². The number of carbonyl (C=O) groups is 2. The zero-order chi connectivity index (χ0) is 20.0. The van der Waals surface area contributed by atoms with Crippen molar-refractivity contribution in [1.82, 2.24) is 10.6 Å². The Bertz CT molecular complexity index is 964. The van der Waals surface area contributed by atoms with Gasteiger partial charge in [0.25, 0.3) is 15.9 Å². The van der Waals surface area contributed by atoms with E-state index >= 15 is 0 Å². The first-order chi connectivity index (χ1) is 12.7. The van der Waals surface area contributed by atoms with E-state index in [0.717, 1.165) is 0 Å². The van der Waals surface area contributed by atoms with Crippen LogP contribution >= 0.6 is 23.2 Å². The molecule has 0 atom stereocenters. The summed E-state index contributed by atoms with van der Waals surface area (Å²) < 4.78 is 27.7. The van der Waals surface area contributed by atoms with Gasteiger partial charge in [-0.25, -0.2) is 8.42 Å². The smallest absolute Gasteiger partial charge is 0.263 e. The maximum absolute atomic E-state index is 12.7. The summed E-state index contributed by atoms with van der Waals surface area (Å²) in [5.41, 5.74) is 0.215. The summed E-state index contributed by atoms with van der Waals surface area (Å²) in [5.74, 6) is -0.702. The van der Waals surface area contributed by atoms with E-state index in [1.54, 1.807) is 12.1 Å². The van der Waals surface area contributed by atoms with Crippen molar-refractivity contribution in [3.05, 3.63) is 58.1 Å². The lowest BCUT2D eigenvalue weighted by Gasteiger charge is -2.14. The molecule has 0 unspecified atom stereocenters. The average Bonchev–Trinajstić information content (AvgIpc) is 2.60. The van der Waals surface area contributed by atoms with Crippen LogP contribution in [0.25, 0.3) is 0 Å². The third-order valence-electron chi connectivity index (χ3n) is 3.38. The molecular formula is C17H17Cl2N3O4S. The molecule has 0 aliphatic heterocycles. The second-order valence-corrected chi connectivity index (χ2v) is 7.96. The van der Waals surface area contributed by atoms with Gasteiger partial charge in [0.05, 0.1) is 16.3 Å². The van der Waals surface area contributed by atoms with Gasteiger partial charge in [0.2, 0.25) is 5.91 Å². The largest absolute Gasteiger partial charge is 0.355 e. The van der Waals surface area contributed by atoms with E-state index in [4.69, 9.17) is 23.2 Å². The summed E-state index contributed by atoms with van der Waals surface area (Å²) in [5, 5.41) is 5.37. The standard InChI is InChI=1S/C17H17Cl2N3O4S/c1-11(23)20-8-9-21-17(24)13-4-2-3-5-15(13)22-27(25,26)16-10-12(18)6-7-14(16)19/h2-7,10,22H,8-9H2,1H3,(H,20,23)(H,21,24). The molecule has 2 rings (SSSR count). The van der Waals surface area contributed by atoms with Crippen LogP contribution in [0.1, 0.15) is 17.3 Å². The molecule has 27 heavy (non-hydrogen) atoms. The second-order valence-electron chi connectivity index (χ2n) is 5.46. The SMILES string of the molecule is CC(=O)NCCNC(=O)c1ccccc1NS(=O)(=O)c1cc(Cl)ccc1Cl. The average molecular weight is 430 g/mol. The minimum atomic E-state index is -4.06. The van der Waals surface area contributed by atoms with E-state index in [0.29, 0.717) is 0 Å². The van der Waals surface area contributed by atoms with Crippen LogP contribution in [-0.4, -0.2) is 33.3 Å². The van der Waals surface area contributed by atoms with Gasteiger partial charge >= 0.3 is 0 Å². The molecule has 0 radical (unpaired) electrons. The summed E-state index contributed by atoms with van der Waals surface area (Å²) in [6.45, 7) is 1.82. The fourth-order valence-electron chi connectivity index (χ4n) is 2.16. The number of carbonyl (C=O) groups excluding carboxylic acids is 2. The Balaban J connectivity index is 2.21. The fraction of sp³-hybridized carbons (Fsp3) is 0.176. The summed E-state index contributed by atoms with van der Waals surface area (Å²) in [6.07, 6.45) is 0. The Morgan fingerprint density at radius 1 is 1.00 bits per heavy atom. The van der Waals surface area contributed by atoms with Gasteiger partial charge < -0.3 is 10.6 Å². The zero-order valence-electron chi connectivity index (χ0n) is 14.3. The fourth-order valence-corrected chi connectivity index (χ4v) is 4.01. The Morgan fingerprint density at radius 2 is 1.67 bits per heavy atom. The van der Waals surface area contributed by atoms with Crippen LogP contribution in [0.3, 0.4) is 0 Å². The van der Waals surface area contributed by atoms with Crippen LogP contribution in [0.2, 0.25) is 10.0 Å². The lowest BCUT2D eigenvalue weighted by molar-refractivity contribution is -0.118. The van der Waals surface area contributed by atoms with E-state index in [-0.39, 0.29) is 45.2 Å². The maximum Gasteiger partial charge on any atom is 0.263 e. The molecule has 3 N–H and O–H groups in total. The topological polar surface area (TPSA) is 104 Å². The van der Waals surface area contributed by atoms with Gasteiger partial charge in [-0.15, -0.1) is 0 Å². The number of sulfonamides is 1. The van der Waals surface area contributed by atoms with Crippen LogP contribution in [0.5, 0.6) is 0 Å². The molecule has 0 saturated carbocycles. The summed E-state index contributed by atoms with van der Waals surface area (Å²) in [4.78, 5) is 23.0. The minimum Gasteiger partial charge on any atom is -0.355 e. The Labute approximate surface area is 167 Å². The molecule has 0 aliphatic carbocycles. The van der Waals surface area contributed by atoms with Gasteiger partial charge in [0.1, 0.15) is 4.90 Å². The molecule has 7 nitrogen and oxygen atoms in total. The Kier molecular flexibility index (Phi) is 7.06. The number of para-hydroxylation sites is 1. The predicted octanol–water partition coefficient (Wildman–Crippen LogP) is 2.66. The summed E-state index contributed by atoms with van der Waals surface area (Å²) in [7, 11) is -4.06. The highest BCUT2D eigenvalue weighted by Gasteiger charge is 2.21. The van der Waals surface area contributed by atoms with Crippen molar-refractivity contribution in [2.75, 3.05) is 17.8 Å². The number of nitrogens with one attached hydrogen (secondary N) is 3. The van der Waals surface area contributed by atoms with Crippen LogP contribution in [0.4, 0.5) is 5.69 Å². The van der Waals surface area contributed by atoms with Gasteiger partial charge in [-0.2, -0.15) is 0 Å². The van der Waals surface area contributed by atoms with Gasteiger partial charge in [0, 0.05) is 25.0 Å². The van der Waals surface area contributed by atoms with Gasteiger partial charge in [0.15, 0.2) is 0 Å². The second kappa shape index (κ2) is 9.07. The highest BCUT2D eigenvalue weighted by molar-refractivity contribution is 7.92. The van der Waals surface area contributed by atoms with E-state index in [9.17, 15) is 18.0 Å². The van der Waals surface area contributed by atoms with E-state index in [1.165, 1.54) is 37.3 Å². The molecule has 2 aromatic carbocycles. The number of hydrogen-bond acceptors (Lipinski definition) is 4. The monoisotopic (exact) mass is 429 g/mol. The molecule has 0 bridgehead atoms. The number of rotatable bonds is 7. The van der Waals surface area contributed by atoms with Crippen molar-refractivity contribution >= 4 is 50.7 Å². The predicted molar refractivity (Wildman–Crippen MR) is 105 cm³/mol. The van der Waals surface area contributed by atoms with Crippen molar-refractivity contribution in [3.63, 3.8) is 0 Å². The van der Waals surface area contributed by atoms with Gasteiger partial charge in [-0.3, -0.25) is 14.3 Å². The van der Waals surface area contributed by atoms with E-state index in [1.807, 2.05) is 0 Å². The van der Waals surface area contributed by atoms with Crippen molar-refractivity contribution in [2.24, 2.45) is 0 Å². The van der Waals surface area contributed by atoms with E-state index < -0.39 is 15.9 Å². The summed E-state index contributed by atoms with van der Waals surface area (Å²) in [6, 6.07) is 10.2. The molecule has 0 saturated heterocycles. The highest BCUT2D eigenvalue weighted by atomic mass is 35.5. The van der Waals surface area contributed by atoms with Crippen molar-refractivity contribution in [3.8, 4) is 0 Å². The normalized spacial score (nSPS) is 10.9.